The number of nitrogens with zero attached hydrogens (tertiary/aromatic N) is 3. The van der Waals surface area contributed by atoms with Crippen LogP contribution < -0.4 is 0 Å². The van der Waals surface area contributed by atoms with Gasteiger partial charge in [-0.25, -0.2) is 0 Å². The van der Waals surface area contributed by atoms with Crippen molar-refractivity contribution in [2.45, 2.75) is 18.9 Å². The zero-order valence-corrected chi connectivity index (χ0v) is 11.1. The van der Waals surface area contributed by atoms with Crippen LogP contribution in [0.2, 0.25) is 0 Å². The molecule has 0 aromatic heterocycles. The molecule has 5 heteroatoms. The fraction of sp³-hybridized carbons (Fsp3) is 0.923. The maximum atomic E-state index is 11.9. The molecular formula is C13H23N3O2. The molecule has 1 N–H and O–H groups in total. The summed E-state index contributed by atoms with van der Waals surface area (Å²) in [6.07, 6.45) is 2.26. The highest BCUT2D eigenvalue weighted by atomic mass is 16.3. The Balaban J connectivity index is 1.41. The molecule has 1 amide bonds. The Hall–Kier alpha value is -0.650. The van der Waals surface area contributed by atoms with Gasteiger partial charge in [-0.1, -0.05) is 0 Å². The Morgan fingerprint density at radius 1 is 1.28 bits per heavy atom. The van der Waals surface area contributed by atoms with Gasteiger partial charge in [-0.05, 0) is 38.4 Å². The maximum Gasteiger partial charge on any atom is 0.236 e. The van der Waals surface area contributed by atoms with Gasteiger partial charge in [-0.15, -0.1) is 0 Å². The summed E-state index contributed by atoms with van der Waals surface area (Å²) in [5, 5.41) is 9.18. The summed E-state index contributed by atoms with van der Waals surface area (Å²) in [6.45, 7) is 6.17. The minimum Gasteiger partial charge on any atom is -0.389 e. The van der Waals surface area contributed by atoms with E-state index in [1.807, 2.05) is 0 Å². The van der Waals surface area contributed by atoms with Gasteiger partial charge < -0.3 is 14.9 Å². The molecule has 1 spiro atoms. The molecular weight excluding hydrogens is 230 g/mol. The van der Waals surface area contributed by atoms with Crippen LogP contribution >= 0.6 is 0 Å². The van der Waals surface area contributed by atoms with Crippen LogP contribution in [0.3, 0.4) is 0 Å². The van der Waals surface area contributed by atoms with Crippen LogP contribution in [0.5, 0.6) is 0 Å². The largest absolute Gasteiger partial charge is 0.389 e. The number of carbonyl (C=O) groups is 1. The predicted molar refractivity (Wildman–Crippen MR) is 68.2 cm³/mol. The molecule has 0 bridgehead atoms. The van der Waals surface area contributed by atoms with Crippen LogP contribution in [-0.2, 0) is 4.79 Å². The highest BCUT2D eigenvalue weighted by Crippen LogP contribution is 2.39. The van der Waals surface area contributed by atoms with E-state index in [1.165, 1.54) is 25.9 Å². The Morgan fingerprint density at radius 2 is 1.89 bits per heavy atom. The average molecular weight is 253 g/mol. The quantitative estimate of drug-likeness (QED) is 0.701. The minimum absolute atomic E-state index is 0.183. The topological polar surface area (TPSA) is 47.0 Å². The molecule has 18 heavy (non-hydrogen) atoms. The van der Waals surface area contributed by atoms with Gasteiger partial charge in [0.1, 0.15) is 0 Å². The highest BCUT2D eigenvalue weighted by Gasteiger charge is 2.45. The van der Waals surface area contributed by atoms with Gasteiger partial charge in [0, 0.05) is 26.2 Å². The van der Waals surface area contributed by atoms with E-state index in [9.17, 15) is 9.90 Å². The number of amides is 1. The molecule has 3 aliphatic heterocycles. The van der Waals surface area contributed by atoms with Gasteiger partial charge in [0.15, 0.2) is 0 Å². The van der Waals surface area contributed by atoms with Gasteiger partial charge >= 0.3 is 0 Å². The van der Waals surface area contributed by atoms with Gasteiger partial charge in [-0.3, -0.25) is 9.69 Å². The number of likely N-dealkylation sites (tertiary alicyclic amines) is 3. The van der Waals surface area contributed by atoms with Crippen LogP contribution in [0.1, 0.15) is 12.8 Å². The molecule has 0 saturated carbocycles. The monoisotopic (exact) mass is 253 g/mol. The summed E-state index contributed by atoms with van der Waals surface area (Å²) in [4.78, 5) is 18.3. The molecule has 0 aliphatic carbocycles. The van der Waals surface area contributed by atoms with E-state index in [2.05, 4.69) is 16.8 Å². The zero-order chi connectivity index (χ0) is 12.8. The lowest BCUT2D eigenvalue weighted by atomic mass is 9.72. The van der Waals surface area contributed by atoms with Crippen molar-refractivity contribution in [2.75, 3.05) is 52.9 Å². The molecule has 3 rings (SSSR count). The van der Waals surface area contributed by atoms with Crippen molar-refractivity contribution in [3.8, 4) is 0 Å². The Bertz CT molecular complexity index is 325. The van der Waals surface area contributed by atoms with Crippen LogP contribution in [0.4, 0.5) is 0 Å². The molecule has 3 fully saturated rings. The van der Waals surface area contributed by atoms with Gasteiger partial charge in [0.25, 0.3) is 0 Å². The smallest absolute Gasteiger partial charge is 0.236 e. The minimum atomic E-state index is -0.287. The highest BCUT2D eigenvalue weighted by molar-refractivity contribution is 5.79. The number of β-amino-alcohol motifs (C(OH)–C–C–N with tert-alkyl or cyclic N) is 1. The molecule has 0 aromatic carbocycles. The lowest BCUT2D eigenvalue weighted by Gasteiger charge is -2.54. The zero-order valence-electron chi connectivity index (χ0n) is 11.1. The van der Waals surface area contributed by atoms with Crippen LogP contribution in [0.25, 0.3) is 0 Å². The lowest BCUT2D eigenvalue weighted by Crippen LogP contribution is -2.63. The number of aliphatic hydroxyl groups excluding tert-OH is 1. The van der Waals surface area contributed by atoms with Crippen molar-refractivity contribution in [3.05, 3.63) is 0 Å². The molecule has 102 valence electrons. The van der Waals surface area contributed by atoms with E-state index in [0.29, 0.717) is 25.0 Å². The average Bonchev–Trinajstić information content (AvgIpc) is 2.26. The first kappa shape index (κ1) is 12.4. The Kier molecular flexibility index (Phi) is 3.08. The number of piperidine rings is 1. The second-order valence-electron chi connectivity index (χ2n) is 6.40. The molecule has 0 radical (unpaired) electrons. The first-order valence-electron chi connectivity index (χ1n) is 6.93. The summed E-state index contributed by atoms with van der Waals surface area (Å²) in [7, 11) is 2.18. The van der Waals surface area contributed by atoms with E-state index in [1.54, 1.807) is 4.90 Å². The maximum absolute atomic E-state index is 11.9. The van der Waals surface area contributed by atoms with Crippen molar-refractivity contribution in [1.29, 1.82) is 0 Å². The summed E-state index contributed by atoms with van der Waals surface area (Å²) in [5.74, 6) is 0.183. The van der Waals surface area contributed by atoms with E-state index in [-0.39, 0.29) is 12.0 Å². The second kappa shape index (κ2) is 4.47. The van der Waals surface area contributed by atoms with Crippen molar-refractivity contribution >= 4 is 5.91 Å². The number of carbonyl (C=O) groups excluding carboxylic acids is 1. The molecule has 0 aromatic rings. The van der Waals surface area contributed by atoms with Crippen molar-refractivity contribution < 1.29 is 9.90 Å². The van der Waals surface area contributed by atoms with Crippen molar-refractivity contribution in [2.24, 2.45) is 5.41 Å². The van der Waals surface area contributed by atoms with E-state index >= 15 is 0 Å². The fourth-order valence-corrected chi connectivity index (χ4v) is 3.37. The van der Waals surface area contributed by atoms with Gasteiger partial charge in [0.2, 0.25) is 5.91 Å². The number of hydrogen-bond donors (Lipinski definition) is 1. The molecule has 3 aliphatic rings. The molecule has 0 unspecified atom stereocenters. The second-order valence-corrected chi connectivity index (χ2v) is 6.40. The number of aliphatic hydroxyl groups is 1. The molecule has 5 nitrogen and oxygen atoms in total. The van der Waals surface area contributed by atoms with E-state index < -0.39 is 0 Å². The molecule has 3 heterocycles. The Morgan fingerprint density at radius 3 is 2.44 bits per heavy atom. The third kappa shape index (κ3) is 2.27. The summed E-state index contributed by atoms with van der Waals surface area (Å²) >= 11 is 0. The summed E-state index contributed by atoms with van der Waals surface area (Å²) < 4.78 is 0. The molecule has 3 saturated heterocycles. The summed E-state index contributed by atoms with van der Waals surface area (Å²) in [6, 6.07) is 0. The van der Waals surface area contributed by atoms with Gasteiger partial charge in [-0.2, -0.15) is 0 Å². The lowest BCUT2D eigenvalue weighted by molar-refractivity contribution is -0.146. The van der Waals surface area contributed by atoms with Crippen LogP contribution in [0, 0.1) is 5.41 Å². The Labute approximate surface area is 108 Å². The molecule has 0 atom stereocenters. The summed E-state index contributed by atoms with van der Waals surface area (Å²) in [5.41, 5.74) is 0.501. The van der Waals surface area contributed by atoms with E-state index in [0.717, 1.165) is 13.1 Å². The fourth-order valence-electron chi connectivity index (χ4n) is 3.37. The van der Waals surface area contributed by atoms with Crippen molar-refractivity contribution in [1.82, 2.24) is 14.7 Å². The standard InChI is InChI=1S/C13H23N3O2/c1-14-4-2-13(3-5-14)9-15(10-13)8-12(18)16-6-11(17)7-16/h11,17H,2-10H2,1H3. The first-order chi connectivity index (χ1) is 8.56. The van der Waals surface area contributed by atoms with Crippen molar-refractivity contribution in [3.63, 3.8) is 0 Å². The van der Waals surface area contributed by atoms with Crippen LogP contribution in [0.15, 0.2) is 0 Å². The SMILES string of the molecule is CN1CCC2(CC1)CN(CC(=O)N1CC(O)C1)C2. The predicted octanol–water partition coefficient (Wildman–Crippen LogP) is -0.783. The third-order valence-electron chi connectivity index (χ3n) is 4.74. The van der Waals surface area contributed by atoms with Crippen LogP contribution in [-0.4, -0.2) is 84.7 Å². The van der Waals surface area contributed by atoms with Gasteiger partial charge in [0.05, 0.1) is 12.6 Å². The number of rotatable bonds is 2. The third-order valence-corrected chi connectivity index (χ3v) is 4.74. The van der Waals surface area contributed by atoms with E-state index in [4.69, 9.17) is 0 Å². The normalized spacial score (nSPS) is 29.1. The number of hydrogen-bond acceptors (Lipinski definition) is 4. The first-order valence-corrected chi connectivity index (χ1v) is 6.93.